The Morgan fingerprint density at radius 2 is 1.94 bits per heavy atom. The van der Waals surface area contributed by atoms with Gasteiger partial charge in [-0.3, -0.25) is 4.79 Å². The molecule has 0 amide bonds. The molecule has 0 heterocycles. The van der Waals surface area contributed by atoms with Gasteiger partial charge in [-0.1, -0.05) is 39.7 Å². The van der Waals surface area contributed by atoms with E-state index in [0.29, 0.717) is 11.4 Å². The van der Waals surface area contributed by atoms with Crippen LogP contribution in [0.15, 0.2) is 24.3 Å². The van der Waals surface area contributed by atoms with E-state index in [1.807, 2.05) is 38.1 Å². The number of rotatable bonds is 4. The highest BCUT2D eigenvalue weighted by Crippen LogP contribution is 2.20. The number of halogens is 2. The number of hydrogen-bond donors (Lipinski definition) is 0. The smallest absolute Gasteiger partial charge is 0.319 e. The standard InChI is InChI=1S/C13H16BrClO2/c1-9(14)12(16)17-13(2,3)8-10-4-6-11(15)7-5-10/h4-7,9H,8H2,1-3H3/t9-/m0/s1. The zero-order chi connectivity index (χ0) is 13.1. The lowest BCUT2D eigenvalue weighted by molar-refractivity contribution is -0.155. The van der Waals surface area contributed by atoms with Gasteiger partial charge >= 0.3 is 5.97 Å². The Balaban J connectivity index is 2.66. The van der Waals surface area contributed by atoms with Gasteiger partial charge in [-0.25, -0.2) is 0 Å². The van der Waals surface area contributed by atoms with Crippen molar-refractivity contribution in [3.63, 3.8) is 0 Å². The number of carbonyl (C=O) groups is 1. The minimum atomic E-state index is -0.521. The van der Waals surface area contributed by atoms with Gasteiger partial charge < -0.3 is 4.74 Å². The van der Waals surface area contributed by atoms with Gasteiger partial charge in [-0.05, 0) is 38.5 Å². The van der Waals surface area contributed by atoms with Crippen LogP contribution < -0.4 is 0 Å². The Bertz CT molecular complexity index is 385. The fraction of sp³-hybridized carbons (Fsp3) is 0.462. The summed E-state index contributed by atoms with van der Waals surface area (Å²) >= 11 is 9.01. The van der Waals surface area contributed by atoms with Crippen LogP contribution in [0.25, 0.3) is 0 Å². The molecule has 0 aliphatic carbocycles. The van der Waals surface area contributed by atoms with Crippen molar-refractivity contribution in [1.29, 1.82) is 0 Å². The molecular weight excluding hydrogens is 303 g/mol. The summed E-state index contributed by atoms with van der Waals surface area (Å²) in [4.78, 5) is 11.2. The van der Waals surface area contributed by atoms with Gasteiger partial charge in [0.15, 0.2) is 0 Å². The van der Waals surface area contributed by atoms with E-state index in [9.17, 15) is 4.79 Å². The van der Waals surface area contributed by atoms with E-state index in [1.54, 1.807) is 6.92 Å². The molecule has 0 aliphatic rings. The second-order valence-corrected chi connectivity index (χ2v) is 6.41. The zero-order valence-electron chi connectivity index (χ0n) is 10.2. The average molecular weight is 320 g/mol. The second-order valence-electron chi connectivity index (χ2n) is 4.60. The fourth-order valence-electron chi connectivity index (χ4n) is 1.48. The van der Waals surface area contributed by atoms with Crippen molar-refractivity contribution in [2.45, 2.75) is 37.6 Å². The first-order valence-electron chi connectivity index (χ1n) is 5.41. The first kappa shape index (κ1) is 14.5. The molecule has 1 aromatic carbocycles. The number of alkyl halides is 1. The van der Waals surface area contributed by atoms with Crippen LogP contribution in [0.4, 0.5) is 0 Å². The third-order valence-corrected chi connectivity index (χ3v) is 2.87. The topological polar surface area (TPSA) is 26.3 Å². The number of hydrogen-bond acceptors (Lipinski definition) is 2. The van der Waals surface area contributed by atoms with Crippen molar-refractivity contribution in [2.75, 3.05) is 0 Å². The highest BCUT2D eigenvalue weighted by Gasteiger charge is 2.25. The second kappa shape index (κ2) is 5.87. The van der Waals surface area contributed by atoms with E-state index in [1.165, 1.54) is 0 Å². The van der Waals surface area contributed by atoms with Crippen molar-refractivity contribution in [3.05, 3.63) is 34.9 Å². The highest BCUT2D eigenvalue weighted by atomic mass is 79.9. The summed E-state index contributed by atoms with van der Waals surface area (Å²) < 4.78 is 5.41. The maximum Gasteiger partial charge on any atom is 0.319 e. The molecule has 2 nitrogen and oxygen atoms in total. The van der Waals surface area contributed by atoms with E-state index in [2.05, 4.69) is 15.9 Å². The van der Waals surface area contributed by atoms with Gasteiger partial charge in [0, 0.05) is 11.4 Å². The lowest BCUT2D eigenvalue weighted by Crippen LogP contribution is -2.33. The van der Waals surface area contributed by atoms with Crippen LogP contribution in [0.5, 0.6) is 0 Å². The summed E-state index contributed by atoms with van der Waals surface area (Å²) in [5, 5.41) is 0.706. The van der Waals surface area contributed by atoms with Crippen LogP contribution in [0.1, 0.15) is 26.3 Å². The van der Waals surface area contributed by atoms with Gasteiger partial charge in [-0.2, -0.15) is 0 Å². The quantitative estimate of drug-likeness (QED) is 0.619. The first-order valence-corrected chi connectivity index (χ1v) is 6.71. The van der Waals surface area contributed by atoms with Gasteiger partial charge in [0.2, 0.25) is 0 Å². The van der Waals surface area contributed by atoms with Crippen LogP contribution in [0.2, 0.25) is 5.02 Å². The third-order valence-electron chi connectivity index (χ3n) is 2.24. The Morgan fingerprint density at radius 1 is 1.41 bits per heavy atom. The Labute approximate surface area is 115 Å². The molecule has 1 rings (SSSR count). The number of ether oxygens (including phenoxy) is 1. The monoisotopic (exact) mass is 318 g/mol. The van der Waals surface area contributed by atoms with Gasteiger partial charge in [0.1, 0.15) is 10.4 Å². The van der Waals surface area contributed by atoms with Crippen LogP contribution in [0.3, 0.4) is 0 Å². The van der Waals surface area contributed by atoms with Crippen molar-refractivity contribution in [3.8, 4) is 0 Å². The average Bonchev–Trinajstić information content (AvgIpc) is 2.20. The van der Waals surface area contributed by atoms with Crippen molar-refractivity contribution in [1.82, 2.24) is 0 Å². The summed E-state index contributed by atoms with van der Waals surface area (Å²) in [6, 6.07) is 7.55. The molecule has 0 saturated carbocycles. The summed E-state index contributed by atoms with van der Waals surface area (Å²) in [6.45, 7) is 5.55. The van der Waals surface area contributed by atoms with Gasteiger partial charge in [0.25, 0.3) is 0 Å². The fourth-order valence-corrected chi connectivity index (χ4v) is 1.70. The van der Waals surface area contributed by atoms with Crippen molar-refractivity contribution < 1.29 is 9.53 Å². The van der Waals surface area contributed by atoms with Gasteiger partial charge in [0.05, 0.1) is 0 Å². The molecule has 0 saturated heterocycles. The summed E-state index contributed by atoms with van der Waals surface area (Å²) in [7, 11) is 0. The predicted octanol–water partition coefficient (Wildman–Crippen LogP) is 3.99. The summed E-state index contributed by atoms with van der Waals surface area (Å²) in [6.07, 6.45) is 0.662. The molecule has 0 N–H and O–H groups in total. The SMILES string of the molecule is C[C@H](Br)C(=O)OC(C)(C)Cc1ccc(Cl)cc1. The maximum absolute atomic E-state index is 11.5. The molecule has 0 aliphatic heterocycles. The number of esters is 1. The lowest BCUT2D eigenvalue weighted by Gasteiger charge is -2.26. The number of benzene rings is 1. The first-order chi connectivity index (χ1) is 7.80. The van der Waals surface area contributed by atoms with E-state index in [4.69, 9.17) is 16.3 Å². The molecule has 0 fully saturated rings. The molecule has 0 spiro atoms. The van der Waals surface area contributed by atoms with Crippen LogP contribution >= 0.6 is 27.5 Å². The molecule has 4 heteroatoms. The Kier molecular flexibility index (Phi) is 5.02. The van der Waals surface area contributed by atoms with Gasteiger partial charge in [-0.15, -0.1) is 0 Å². The number of carbonyl (C=O) groups excluding carboxylic acids is 1. The molecule has 17 heavy (non-hydrogen) atoms. The largest absolute Gasteiger partial charge is 0.458 e. The molecule has 94 valence electrons. The van der Waals surface area contributed by atoms with E-state index in [0.717, 1.165) is 5.56 Å². The van der Waals surface area contributed by atoms with E-state index >= 15 is 0 Å². The van der Waals surface area contributed by atoms with Crippen LogP contribution in [-0.4, -0.2) is 16.4 Å². The molecular formula is C13H16BrClO2. The van der Waals surface area contributed by atoms with E-state index < -0.39 is 5.60 Å². The Hall–Kier alpha value is -0.540. The molecule has 1 aromatic rings. The normalized spacial score (nSPS) is 13.2. The molecule has 1 atom stereocenters. The highest BCUT2D eigenvalue weighted by molar-refractivity contribution is 9.10. The maximum atomic E-state index is 11.5. The van der Waals surface area contributed by atoms with Crippen LogP contribution in [-0.2, 0) is 16.0 Å². The van der Waals surface area contributed by atoms with E-state index in [-0.39, 0.29) is 10.8 Å². The molecule has 0 bridgehead atoms. The van der Waals surface area contributed by atoms with Crippen molar-refractivity contribution >= 4 is 33.5 Å². The lowest BCUT2D eigenvalue weighted by atomic mass is 9.98. The third kappa shape index (κ3) is 5.09. The zero-order valence-corrected chi connectivity index (χ0v) is 12.5. The predicted molar refractivity (Wildman–Crippen MR) is 73.7 cm³/mol. The molecule has 0 aromatic heterocycles. The Morgan fingerprint density at radius 3 is 2.41 bits per heavy atom. The summed E-state index contributed by atoms with van der Waals surface area (Å²) in [5.41, 5.74) is 0.571. The van der Waals surface area contributed by atoms with Crippen LogP contribution in [0, 0.1) is 0 Å². The van der Waals surface area contributed by atoms with Crippen molar-refractivity contribution in [2.24, 2.45) is 0 Å². The molecule has 0 radical (unpaired) electrons. The summed E-state index contributed by atoms with van der Waals surface area (Å²) in [5.74, 6) is -0.246. The minimum absolute atomic E-state index is 0.246. The minimum Gasteiger partial charge on any atom is -0.458 e. The molecule has 0 unspecified atom stereocenters.